The molecule has 1 aromatic rings. The summed E-state index contributed by atoms with van der Waals surface area (Å²) >= 11 is 0. The topological polar surface area (TPSA) is 44.8 Å². The molecule has 0 saturated carbocycles. The van der Waals surface area contributed by atoms with E-state index in [2.05, 4.69) is 65.8 Å². The molecule has 7 heteroatoms. The monoisotopic (exact) mass is 644 g/mol. The van der Waals surface area contributed by atoms with Gasteiger partial charge < -0.3 is 0 Å². The van der Waals surface area contributed by atoms with Crippen LogP contribution in [0.25, 0.3) is 0 Å². The molecule has 1 atom stereocenters. The van der Waals surface area contributed by atoms with E-state index in [1.165, 1.54) is 61.8 Å². The van der Waals surface area contributed by atoms with Crippen molar-refractivity contribution in [2.45, 2.75) is 186 Å². The van der Waals surface area contributed by atoms with Gasteiger partial charge >= 0.3 is 7.82 Å². The van der Waals surface area contributed by atoms with Crippen LogP contribution in [0, 0.1) is 0 Å². The fourth-order valence-corrected chi connectivity index (χ4v) is 8.84. The van der Waals surface area contributed by atoms with Crippen LogP contribution in [0.3, 0.4) is 0 Å². The van der Waals surface area contributed by atoms with E-state index in [4.69, 9.17) is 13.6 Å². The van der Waals surface area contributed by atoms with Gasteiger partial charge in [-0.25, -0.2) is 4.57 Å². The van der Waals surface area contributed by atoms with Gasteiger partial charge in [0.15, 0.2) is 0 Å². The highest BCUT2D eigenvalue weighted by molar-refractivity contribution is 8.77. The summed E-state index contributed by atoms with van der Waals surface area (Å²) in [5.41, 5.74) is 0.630. The standard InChI is InChI=1S/C35H65O4PS2/c1-9-12-15-17-19-25-32(26-20-18-16-13-10-2)38-40(36,39-35(7,8)29-23-14-11-3)37-30-28-31-24-21-22-27-33(31)41-42-34(4,5)6/h21-22,24,27,32H,9-20,23,25-26,28-30H2,1-8H3. The number of unbranched alkanes of at least 4 members (excludes halogenated alkanes) is 10. The molecule has 0 spiro atoms. The average Bonchev–Trinajstić information content (AvgIpc) is 2.91. The summed E-state index contributed by atoms with van der Waals surface area (Å²) in [5.74, 6) is 0. The molecule has 42 heavy (non-hydrogen) atoms. The SMILES string of the molecule is CCCCCCCC(CCCCCCC)OP(=O)(OCCc1ccccc1SSC(C)(C)C)OC(C)(C)CCCCC. The Bertz CT molecular complexity index is 842. The third-order valence-corrected chi connectivity index (χ3v) is 12.5. The predicted molar refractivity (Wildman–Crippen MR) is 188 cm³/mol. The largest absolute Gasteiger partial charge is 0.475 e. The zero-order valence-corrected chi connectivity index (χ0v) is 31.0. The minimum Gasteiger partial charge on any atom is -0.287 e. The van der Waals surface area contributed by atoms with Gasteiger partial charge in [-0.05, 0) is 51.2 Å². The van der Waals surface area contributed by atoms with E-state index in [1.54, 1.807) is 10.8 Å². The molecule has 0 aromatic heterocycles. The number of rotatable bonds is 26. The number of benzene rings is 1. The molecule has 246 valence electrons. The highest BCUT2D eigenvalue weighted by Crippen LogP contribution is 2.55. The predicted octanol–water partition coefficient (Wildman–Crippen LogP) is 13.4. The molecular formula is C35H65O4PS2. The summed E-state index contributed by atoms with van der Waals surface area (Å²) in [4.78, 5) is 1.23. The van der Waals surface area contributed by atoms with Gasteiger partial charge in [-0.1, -0.05) is 165 Å². The van der Waals surface area contributed by atoms with E-state index in [-0.39, 0.29) is 10.9 Å². The fourth-order valence-electron chi connectivity index (χ4n) is 4.84. The second kappa shape index (κ2) is 22.5. The molecule has 0 aliphatic heterocycles. The molecule has 0 bridgehead atoms. The molecule has 0 radical (unpaired) electrons. The smallest absolute Gasteiger partial charge is 0.287 e. The zero-order valence-electron chi connectivity index (χ0n) is 28.5. The Balaban J connectivity index is 3.01. The van der Waals surface area contributed by atoms with E-state index in [9.17, 15) is 4.57 Å². The van der Waals surface area contributed by atoms with Gasteiger partial charge in [0.05, 0.1) is 18.3 Å². The van der Waals surface area contributed by atoms with E-state index < -0.39 is 13.4 Å². The van der Waals surface area contributed by atoms with Gasteiger partial charge in [0.25, 0.3) is 0 Å². The van der Waals surface area contributed by atoms with Crippen molar-refractivity contribution in [2.75, 3.05) is 6.61 Å². The van der Waals surface area contributed by atoms with Crippen LogP contribution in [-0.2, 0) is 24.6 Å². The highest BCUT2D eigenvalue weighted by Gasteiger charge is 2.37. The van der Waals surface area contributed by atoms with Gasteiger partial charge in [0.1, 0.15) is 0 Å². The van der Waals surface area contributed by atoms with Crippen molar-refractivity contribution in [1.82, 2.24) is 0 Å². The molecule has 0 amide bonds. The van der Waals surface area contributed by atoms with Crippen LogP contribution in [-0.4, -0.2) is 23.1 Å². The minimum absolute atomic E-state index is 0.100. The summed E-state index contributed by atoms with van der Waals surface area (Å²) in [7, 11) is -0.110. The van der Waals surface area contributed by atoms with E-state index >= 15 is 0 Å². The third kappa shape index (κ3) is 20.1. The quantitative estimate of drug-likeness (QED) is 0.0568. The lowest BCUT2D eigenvalue weighted by atomic mass is 10.0. The van der Waals surface area contributed by atoms with Crippen LogP contribution in [0.15, 0.2) is 29.2 Å². The Hall–Kier alpha value is 0.0300. The second-order valence-corrected chi connectivity index (χ2v) is 17.9. The first kappa shape index (κ1) is 40.1. The Morgan fingerprint density at radius 2 is 1.31 bits per heavy atom. The number of hydrogen-bond acceptors (Lipinski definition) is 6. The normalized spacial score (nSPS) is 14.0. The molecule has 4 nitrogen and oxygen atoms in total. The van der Waals surface area contributed by atoms with Gasteiger partial charge in [0, 0.05) is 9.64 Å². The van der Waals surface area contributed by atoms with Gasteiger partial charge in [0.2, 0.25) is 0 Å². The molecule has 1 rings (SSSR count). The fraction of sp³-hybridized carbons (Fsp3) is 0.829. The van der Waals surface area contributed by atoms with Gasteiger partial charge in [-0.2, -0.15) is 0 Å². The average molecular weight is 645 g/mol. The molecule has 0 aliphatic rings. The van der Waals surface area contributed by atoms with Crippen LogP contribution < -0.4 is 0 Å². The van der Waals surface area contributed by atoms with Gasteiger partial charge in [-0.3, -0.25) is 13.6 Å². The molecule has 0 saturated heterocycles. The highest BCUT2D eigenvalue weighted by atomic mass is 33.1. The Morgan fingerprint density at radius 3 is 1.88 bits per heavy atom. The molecule has 1 aromatic carbocycles. The molecular weight excluding hydrogens is 579 g/mol. The first-order valence-corrected chi connectivity index (χ1v) is 20.6. The molecule has 0 N–H and O–H groups in total. The Morgan fingerprint density at radius 1 is 0.762 bits per heavy atom. The Labute approximate surface area is 269 Å². The first-order valence-electron chi connectivity index (χ1n) is 17.0. The number of hydrogen-bond donors (Lipinski definition) is 0. The molecule has 0 aliphatic carbocycles. The zero-order chi connectivity index (χ0) is 31.3. The van der Waals surface area contributed by atoms with Gasteiger partial charge in [-0.15, -0.1) is 0 Å². The van der Waals surface area contributed by atoms with Crippen molar-refractivity contribution >= 4 is 29.4 Å². The summed E-state index contributed by atoms with van der Waals surface area (Å²) in [6, 6.07) is 8.45. The van der Waals surface area contributed by atoms with E-state index in [0.29, 0.717) is 13.0 Å². The van der Waals surface area contributed by atoms with Crippen molar-refractivity contribution in [3.8, 4) is 0 Å². The summed E-state index contributed by atoms with van der Waals surface area (Å²) < 4.78 is 33.6. The van der Waals surface area contributed by atoms with Crippen molar-refractivity contribution < 1.29 is 18.1 Å². The van der Waals surface area contributed by atoms with Crippen LogP contribution in [0.1, 0.15) is 164 Å². The lowest BCUT2D eigenvalue weighted by Gasteiger charge is -2.32. The van der Waals surface area contributed by atoms with Crippen molar-refractivity contribution in [1.29, 1.82) is 0 Å². The maximum atomic E-state index is 14.4. The molecule has 0 heterocycles. The molecule has 0 fully saturated rings. The summed E-state index contributed by atoms with van der Waals surface area (Å²) in [6.45, 7) is 17.7. The van der Waals surface area contributed by atoms with Crippen LogP contribution >= 0.6 is 29.4 Å². The maximum Gasteiger partial charge on any atom is 0.475 e. The van der Waals surface area contributed by atoms with Crippen LogP contribution in [0.2, 0.25) is 0 Å². The van der Waals surface area contributed by atoms with Crippen molar-refractivity contribution in [2.24, 2.45) is 0 Å². The van der Waals surface area contributed by atoms with Crippen molar-refractivity contribution in [3.63, 3.8) is 0 Å². The van der Waals surface area contributed by atoms with E-state index in [0.717, 1.165) is 51.4 Å². The van der Waals surface area contributed by atoms with Crippen LogP contribution in [0.4, 0.5) is 0 Å². The van der Waals surface area contributed by atoms with Crippen LogP contribution in [0.5, 0.6) is 0 Å². The lowest BCUT2D eigenvalue weighted by Crippen LogP contribution is -2.26. The van der Waals surface area contributed by atoms with E-state index in [1.807, 2.05) is 24.6 Å². The first-order chi connectivity index (χ1) is 19.9. The molecule has 1 unspecified atom stereocenters. The summed E-state index contributed by atoms with van der Waals surface area (Å²) in [6.07, 6.45) is 18.6. The number of phosphoric acid groups is 1. The maximum absolute atomic E-state index is 14.4. The second-order valence-electron chi connectivity index (χ2n) is 13.4. The minimum atomic E-state index is -3.77. The lowest BCUT2D eigenvalue weighted by molar-refractivity contribution is 0.00642. The number of phosphoric ester groups is 1. The van der Waals surface area contributed by atoms with Crippen molar-refractivity contribution in [3.05, 3.63) is 29.8 Å². The Kier molecular flexibility index (Phi) is 21.5. The summed E-state index contributed by atoms with van der Waals surface area (Å²) in [5, 5.41) is 0. The third-order valence-electron chi connectivity index (χ3n) is 7.25.